The van der Waals surface area contributed by atoms with E-state index in [1.165, 1.54) is 0 Å². The van der Waals surface area contributed by atoms with Crippen molar-refractivity contribution in [3.63, 3.8) is 0 Å². The number of hydrazine groups is 1. The number of amides is 6. The maximum absolute atomic E-state index is 13.9. The Balaban J connectivity index is 1.40. The predicted molar refractivity (Wildman–Crippen MR) is 225 cm³/mol. The van der Waals surface area contributed by atoms with Crippen molar-refractivity contribution >= 4 is 35.2 Å². The standard InChI is InChI=1S/C41H67N9O7S/c1-30(2)35(43-40(54)46(5)16-18-48-20-24-56-25-21-48)38(52)42-37(32-11-8-7-9-12-32)34(51)14-15-50(29-33-13-10-28-58-33)45-39(53)36(31(3)4)44-41(55)47(6)17-19-49-22-26-57-27-23-49/h7-13,28,30-31,34-37,51H,14-27,29H2,1-6H3,(H,42,52)(H,43,54)(H,44,55)(H,45,53). The molecule has 58 heavy (non-hydrogen) atoms. The highest BCUT2D eigenvalue weighted by Crippen LogP contribution is 2.21. The van der Waals surface area contributed by atoms with Gasteiger partial charge in [-0.25, -0.2) is 14.6 Å². The van der Waals surface area contributed by atoms with Gasteiger partial charge in [0.25, 0.3) is 5.91 Å². The summed E-state index contributed by atoms with van der Waals surface area (Å²) in [7, 11) is 3.44. The number of aliphatic hydroxyl groups excluding tert-OH is 1. The Labute approximate surface area is 348 Å². The van der Waals surface area contributed by atoms with Gasteiger partial charge in [0.2, 0.25) is 5.91 Å². The molecule has 0 saturated carbocycles. The second kappa shape index (κ2) is 24.3. The molecule has 0 bridgehead atoms. The van der Waals surface area contributed by atoms with E-state index in [0.717, 1.165) is 31.1 Å². The lowest BCUT2D eigenvalue weighted by atomic mass is 9.97. The maximum atomic E-state index is 13.9. The molecule has 4 unspecified atom stereocenters. The molecule has 3 heterocycles. The Bertz CT molecular complexity index is 1520. The van der Waals surface area contributed by atoms with Gasteiger partial charge >= 0.3 is 12.1 Å². The highest BCUT2D eigenvalue weighted by atomic mass is 32.1. The number of nitrogens with zero attached hydrogens (tertiary/aromatic N) is 5. The smallest absolute Gasteiger partial charge is 0.317 e. The first-order chi connectivity index (χ1) is 27.8. The molecule has 0 spiro atoms. The fourth-order valence-corrected chi connectivity index (χ4v) is 7.46. The predicted octanol–water partition coefficient (Wildman–Crippen LogP) is 2.19. The fourth-order valence-electron chi connectivity index (χ4n) is 6.74. The van der Waals surface area contributed by atoms with Crippen molar-refractivity contribution in [1.82, 2.24) is 46.0 Å². The number of thiophene rings is 1. The summed E-state index contributed by atoms with van der Waals surface area (Å²) in [6.45, 7) is 16.5. The lowest BCUT2D eigenvalue weighted by Gasteiger charge is -2.32. The van der Waals surface area contributed by atoms with E-state index in [1.54, 1.807) is 40.2 Å². The second-order valence-electron chi connectivity index (χ2n) is 15.8. The molecule has 324 valence electrons. The molecular formula is C41H67N9O7S. The number of benzene rings is 1. The molecule has 2 fully saturated rings. The molecule has 16 nitrogen and oxygen atoms in total. The number of morpholine rings is 2. The summed E-state index contributed by atoms with van der Waals surface area (Å²) in [4.78, 5) is 63.0. The van der Waals surface area contributed by atoms with E-state index in [9.17, 15) is 24.3 Å². The van der Waals surface area contributed by atoms with Crippen LogP contribution in [0.15, 0.2) is 47.8 Å². The van der Waals surface area contributed by atoms with E-state index in [-0.39, 0.29) is 42.8 Å². The highest BCUT2D eigenvalue weighted by Gasteiger charge is 2.32. The molecule has 1 aromatic carbocycles. The minimum atomic E-state index is -1.06. The van der Waals surface area contributed by atoms with Gasteiger partial charge in [0, 0.05) is 77.9 Å². The summed E-state index contributed by atoms with van der Waals surface area (Å²) in [5.74, 6) is -1.22. The van der Waals surface area contributed by atoms with Crippen molar-refractivity contribution in [1.29, 1.82) is 0 Å². The zero-order chi connectivity index (χ0) is 42.0. The number of aliphatic hydroxyl groups is 1. The van der Waals surface area contributed by atoms with Crippen molar-refractivity contribution in [2.24, 2.45) is 11.8 Å². The molecule has 6 amide bonds. The van der Waals surface area contributed by atoms with Gasteiger partial charge in [-0.3, -0.25) is 24.8 Å². The summed E-state index contributed by atoms with van der Waals surface area (Å²) in [6.07, 6.45) is -0.883. The van der Waals surface area contributed by atoms with Gasteiger partial charge < -0.3 is 40.3 Å². The summed E-state index contributed by atoms with van der Waals surface area (Å²) in [5, 5.41) is 24.4. The normalized spacial score (nSPS) is 17.3. The Morgan fingerprint density at radius 3 is 1.72 bits per heavy atom. The van der Waals surface area contributed by atoms with E-state index >= 15 is 0 Å². The molecule has 2 aliphatic heterocycles. The summed E-state index contributed by atoms with van der Waals surface area (Å²) in [6, 6.07) is 9.99. The maximum Gasteiger partial charge on any atom is 0.317 e. The van der Waals surface area contributed by atoms with Crippen LogP contribution in [0.5, 0.6) is 0 Å². The molecule has 1 aromatic heterocycles. The lowest BCUT2D eigenvalue weighted by molar-refractivity contribution is -0.129. The number of carbonyl (C=O) groups is 4. The molecule has 2 saturated heterocycles. The van der Waals surface area contributed by atoms with Gasteiger partial charge in [-0.05, 0) is 35.3 Å². The lowest BCUT2D eigenvalue weighted by Crippen LogP contribution is -2.57. The van der Waals surface area contributed by atoms with Crippen LogP contribution in [0.4, 0.5) is 9.59 Å². The molecule has 0 aliphatic carbocycles. The van der Waals surface area contributed by atoms with Crippen LogP contribution < -0.4 is 21.4 Å². The van der Waals surface area contributed by atoms with Crippen molar-refractivity contribution < 1.29 is 33.8 Å². The molecular weight excluding hydrogens is 763 g/mol. The molecule has 5 N–H and O–H groups in total. The third-order valence-electron chi connectivity index (χ3n) is 10.6. The Morgan fingerprint density at radius 2 is 1.24 bits per heavy atom. The fraction of sp³-hybridized carbons (Fsp3) is 0.659. The number of ether oxygens (including phenoxy) is 2. The van der Waals surface area contributed by atoms with Crippen molar-refractivity contribution in [2.75, 3.05) is 99.4 Å². The minimum Gasteiger partial charge on any atom is -0.391 e. The number of hydrogen-bond donors (Lipinski definition) is 5. The third kappa shape index (κ3) is 15.4. The number of rotatable bonds is 21. The first kappa shape index (κ1) is 46.8. The van der Waals surface area contributed by atoms with Crippen molar-refractivity contribution in [3.05, 3.63) is 58.3 Å². The van der Waals surface area contributed by atoms with Gasteiger partial charge in [-0.15, -0.1) is 11.3 Å². The van der Waals surface area contributed by atoms with Crippen LogP contribution >= 0.6 is 11.3 Å². The molecule has 4 rings (SSSR count). The quantitative estimate of drug-likeness (QED) is 0.118. The Kier molecular flexibility index (Phi) is 19.6. The average molecular weight is 830 g/mol. The van der Waals surface area contributed by atoms with Crippen molar-refractivity contribution in [2.45, 2.75) is 64.9 Å². The summed E-state index contributed by atoms with van der Waals surface area (Å²) in [5.41, 5.74) is 3.72. The molecule has 0 radical (unpaired) electrons. The van der Waals surface area contributed by atoms with E-state index in [1.807, 2.05) is 75.5 Å². The summed E-state index contributed by atoms with van der Waals surface area (Å²) >= 11 is 1.55. The van der Waals surface area contributed by atoms with Crippen LogP contribution in [0.3, 0.4) is 0 Å². The number of hydrogen-bond acceptors (Lipinski definition) is 11. The Hall–Kier alpha value is -3.84. The van der Waals surface area contributed by atoms with Crippen LogP contribution in [-0.4, -0.2) is 171 Å². The van der Waals surface area contributed by atoms with Crippen LogP contribution in [-0.2, 0) is 25.6 Å². The van der Waals surface area contributed by atoms with Crippen LogP contribution in [0, 0.1) is 11.8 Å². The molecule has 2 aromatic rings. The third-order valence-corrected chi connectivity index (χ3v) is 11.5. The van der Waals surface area contributed by atoms with Crippen LogP contribution in [0.25, 0.3) is 0 Å². The number of nitrogens with one attached hydrogen (secondary N) is 4. The van der Waals surface area contributed by atoms with Crippen LogP contribution in [0.1, 0.15) is 50.6 Å². The zero-order valence-electron chi connectivity index (χ0n) is 35.2. The van der Waals surface area contributed by atoms with E-state index in [4.69, 9.17) is 9.47 Å². The van der Waals surface area contributed by atoms with E-state index < -0.39 is 30.1 Å². The minimum absolute atomic E-state index is 0.178. The van der Waals surface area contributed by atoms with E-state index in [0.29, 0.717) is 64.7 Å². The molecule has 4 atom stereocenters. The molecule has 17 heteroatoms. The van der Waals surface area contributed by atoms with Crippen LogP contribution in [0.2, 0.25) is 0 Å². The first-order valence-electron chi connectivity index (χ1n) is 20.6. The zero-order valence-corrected chi connectivity index (χ0v) is 36.0. The number of carbonyl (C=O) groups excluding carboxylic acids is 4. The highest BCUT2D eigenvalue weighted by molar-refractivity contribution is 7.09. The van der Waals surface area contributed by atoms with Gasteiger partial charge in [-0.1, -0.05) is 64.1 Å². The average Bonchev–Trinajstić information content (AvgIpc) is 3.74. The van der Waals surface area contributed by atoms with E-state index in [2.05, 4.69) is 31.2 Å². The van der Waals surface area contributed by atoms with Gasteiger partial charge in [0.05, 0.1) is 45.1 Å². The first-order valence-corrected chi connectivity index (χ1v) is 21.4. The monoisotopic (exact) mass is 829 g/mol. The number of urea groups is 2. The largest absolute Gasteiger partial charge is 0.391 e. The Morgan fingerprint density at radius 1 is 0.724 bits per heavy atom. The summed E-state index contributed by atoms with van der Waals surface area (Å²) < 4.78 is 10.8. The SMILES string of the molecule is CC(C)C(NC(=O)N(C)CCN1CCOCC1)C(=O)NC(c1ccccc1)C(O)CCN(Cc1cccs1)NC(=O)C(NC(=O)N(C)CCN1CCOCC1)C(C)C. The second-order valence-corrected chi connectivity index (χ2v) is 16.9. The topological polar surface area (TPSA) is 171 Å². The van der Waals surface area contributed by atoms with Gasteiger partial charge in [-0.2, -0.15) is 0 Å². The van der Waals surface area contributed by atoms with Gasteiger partial charge in [0.1, 0.15) is 12.1 Å². The van der Waals surface area contributed by atoms with Crippen molar-refractivity contribution in [3.8, 4) is 0 Å². The molecule has 2 aliphatic rings. The number of likely N-dealkylation sites (N-methyl/N-ethyl adjacent to an activating group) is 2. The van der Waals surface area contributed by atoms with Gasteiger partial charge in [0.15, 0.2) is 0 Å².